The van der Waals surface area contributed by atoms with Crippen molar-refractivity contribution in [1.82, 2.24) is 0 Å². The van der Waals surface area contributed by atoms with Crippen molar-refractivity contribution in [3.05, 3.63) is 24.3 Å². The number of hydrogen-bond acceptors (Lipinski definition) is 6. The molecule has 1 saturated heterocycles. The van der Waals surface area contributed by atoms with Crippen LogP contribution in [0.3, 0.4) is 0 Å². The fourth-order valence-electron chi connectivity index (χ4n) is 5.00. The van der Waals surface area contributed by atoms with Crippen LogP contribution < -0.4 is 0 Å². The minimum atomic E-state index is -1.82. The molecule has 5 atom stereocenters. The van der Waals surface area contributed by atoms with Crippen LogP contribution in [0.25, 0.3) is 0 Å². The molecule has 1 aliphatic rings. The third-order valence-electron chi connectivity index (χ3n) is 6.41. The largest absolute Gasteiger partial charge is 0.520 e. The van der Waals surface area contributed by atoms with Crippen LogP contribution in [0, 0.1) is 0 Å². The summed E-state index contributed by atoms with van der Waals surface area (Å²) in [4.78, 5) is 12.1. The maximum Gasteiger partial charge on any atom is 0.292 e. The molecule has 0 radical (unpaired) electrons. The summed E-state index contributed by atoms with van der Waals surface area (Å²) < 4.78 is 32.3. The highest BCUT2D eigenvalue weighted by atomic mass is 28.4. The normalized spacial score (nSPS) is 22.3. The zero-order chi connectivity index (χ0) is 32.2. The molecule has 42 heavy (non-hydrogen) atoms. The van der Waals surface area contributed by atoms with Gasteiger partial charge in [0.2, 0.25) is 8.32 Å². The van der Waals surface area contributed by atoms with E-state index in [0.29, 0.717) is 6.42 Å². The predicted molar refractivity (Wildman–Crippen MR) is 188 cm³/mol. The first-order chi connectivity index (χ1) is 19.2. The van der Waals surface area contributed by atoms with E-state index in [9.17, 15) is 4.79 Å². The lowest BCUT2D eigenvalue weighted by atomic mass is 10.0. The molecule has 0 aromatic rings. The molecule has 0 spiro atoms. The number of ether oxygens (including phenoxy) is 1. The third kappa shape index (κ3) is 19.8. The predicted octanol–water partition coefficient (Wildman–Crippen LogP) is 9.44. The van der Waals surface area contributed by atoms with Gasteiger partial charge in [0.1, 0.15) is 6.10 Å². The molecular weight excluding hydrogens is 593 g/mol. The molecule has 6 nitrogen and oxygen atoms in total. The van der Waals surface area contributed by atoms with Gasteiger partial charge < -0.3 is 22.4 Å². The Morgan fingerprint density at radius 3 is 2.02 bits per heavy atom. The fraction of sp³-hybridized carbons (Fsp3) is 0.844. The quantitative estimate of drug-likeness (QED) is 0.0738. The first kappa shape index (κ1) is 39.7. The standard InChI is InChI=1S/C32H66O6Si4/c1-14-15-18-21-27(35-39(2,3)4)24-25-28-31(37-41(8,9)10)26-30(34-28)29(36-40(5,6)7)22-19-16-17-20-23-32(33)38-42(11,12)13/h16,19,24-25,27-31H,14-15,17-18,20-23,26H2,1-13H3/b19-16+,25-24+. The average molecular weight is 659 g/mol. The third-order valence-corrected chi connectivity index (χ3v) is 10.3. The van der Waals surface area contributed by atoms with E-state index in [1.807, 2.05) is 19.6 Å². The lowest BCUT2D eigenvalue weighted by Gasteiger charge is -2.30. The summed E-state index contributed by atoms with van der Waals surface area (Å²) in [6, 6.07) is 0. The van der Waals surface area contributed by atoms with Gasteiger partial charge in [-0.15, -0.1) is 0 Å². The number of carbonyl (C=O) groups excluding carboxylic acids is 1. The van der Waals surface area contributed by atoms with Crippen LogP contribution >= 0.6 is 0 Å². The maximum absolute atomic E-state index is 12.1. The molecule has 0 bridgehead atoms. The Labute approximate surface area is 263 Å². The highest BCUT2D eigenvalue weighted by Gasteiger charge is 2.42. The second-order valence-electron chi connectivity index (χ2n) is 15.7. The summed E-state index contributed by atoms with van der Waals surface area (Å²) in [6.45, 7) is 28.6. The van der Waals surface area contributed by atoms with E-state index in [1.165, 1.54) is 19.3 Å². The van der Waals surface area contributed by atoms with E-state index in [2.05, 4.69) is 90.2 Å². The zero-order valence-corrected chi connectivity index (χ0v) is 33.5. The summed E-state index contributed by atoms with van der Waals surface area (Å²) in [5.41, 5.74) is 0. The van der Waals surface area contributed by atoms with Crippen molar-refractivity contribution in [3.8, 4) is 0 Å². The molecule has 1 aliphatic heterocycles. The number of hydrogen-bond donors (Lipinski definition) is 0. The van der Waals surface area contributed by atoms with Gasteiger partial charge in [0.15, 0.2) is 25.0 Å². The molecule has 0 N–H and O–H groups in total. The second-order valence-corrected chi connectivity index (χ2v) is 33.6. The van der Waals surface area contributed by atoms with Gasteiger partial charge in [-0.05, 0) is 104 Å². The summed E-state index contributed by atoms with van der Waals surface area (Å²) in [5.74, 6) is -0.0720. The summed E-state index contributed by atoms with van der Waals surface area (Å²) in [6.07, 6.45) is 17.3. The first-order valence-corrected chi connectivity index (χ1v) is 30.0. The minimum absolute atomic E-state index is 0.0190. The van der Waals surface area contributed by atoms with Crippen molar-refractivity contribution in [2.45, 2.75) is 174 Å². The van der Waals surface area contributed by atoms with Crippen LogP contribution in [0.4, 0.5) is 0 Å². The molecule has 0 aliphatic carbocycles. The average Bonchev–Trinajstić information content (AvgIpc) is 3.17. The smallest absolute Gasteiger partial charge is 0.292 e. The highest BCUT2D eigenvalue weighted by molar-refractivity contribution is 6.71. The van der Waals surface area contributed by atoms with Gasteiger partial charge in [0.25, 0.3) is 5.97 Å². The van der Waals surface area contributed by atoms with E-state index in [-0.39, 0.29) is 36.5 Å². The van der Waals surface area contributed by atoms with Gasteiger partial charge >= 0.3 is 0 Å². The number of carbonyl (C=O) groups is 1. The first-order valence-electron chi connectivity index (χ1n) is 16.4. The van der Waals surface area contributed by atoms with Crippen molar-refractivity contribution in [2.24, 2.45) is 0 Å². The van der Waals surface area contributed by atoms with Crippen LogP contribution in [-0.2, 0) is 27.2 Å². The monoisotopic (exact) mass is 658 g/mol. The fourth-order valence-corrected chi connectivity index (χ4v) is 9.18. The van der Waals surface area contributed by atoms with Crippen molar-refractivity contribution in [1.29, 1.82) is 0 Å². The van der Waals surface area contributed by atoms with Gasteiger partial charge in [0, 0.05) is 12.8 Å². The molecular formula is C32H66O6Si4. The van der Waals surface area contributed by atoms with Gasteiger partial charge in [-0.1, -0.05) is 50.5 Å². The summed E-state index contributed by atoms with van der Waals surface area (Å²) in [7, 11) is -7.09. The van der Waals surface area contributed by atoms with Crippen molar-refractivity contribution in [2.75, 3.05) is 0 Å². The van der Waals surface area contributed by atoms with E-state index in [0.717, 1.165) is 32.1 Å². The van der Waals surface area contributed by atoms with E-state index in [1.54, 1.807) is 0 Å². The number of allylic oxidation sites excluding steroid dienone is 1. The number of unbranched alkanes of at least 4 members (excludes halogenated alkanes) is 3. The lowest BCUT2D eigenvalue weighted by Crippen LogP contribution is -2.39. The highest BCUT2D eigenvalue weighted by Crippen LogP contribution is 2.32. The molecule has 0 aromatic heterocycles. The van der Waals surface area contributed by atoms with Crippen LogP contribution in [0.2, 0.25) is 78.6 Å². The summed E-state index contributed by atoms with van der Waals surface area (Å²) >= 11 is 0. The Bertz CT molecular complexity index is 836. The maximum atomic E-state index is 12.1. The topological polar surface area (TPSA) is 63.2 Å². The SMILES string of the molecule is CCCCCC(/C=C/C1OC(C(C/C=C/CCCC(=O)O[Si](C)(C)C)O[Si](C)(C)C)CC1O[Si](C)(C)C)O[Si](C)(C)C. The lowest BCUT2D eigenvalue weighted by molar-refractivity contribution is -0.135. The second kappa shape index (κ2) is 18.0. The van der Waals surface area contributed by atoms with Gasteiger partial charge in [-0.2, -0.15) is 0 Å². The Hall–Kier alpha value is -0.342. The summed E-state index contributed by atoms with van der Waals surface area (Å²) in [5, 5.41) is 0. The molecule has 5 unspecified atom stereocenters. The van der Waals surface area contributed by atoms with Gasteiger partial charge in [-0.25, -0.2) is 0 Å². The van der Waals surface area contributed by atoms with Gasteiger partial charge in [-0.3, -0.25) is 4.79 Å². The van der Waals surface area contributed by atoms with Crippen LogP contribution in [0.15, 0.2) is 24.3 Å². The molecule has 1 fully saturated rings. The van der Waals surface area contributed by atoms with E-state index < -0.39 is 33.3 Å². The molecule has 0 aromatic carbocycles. The minimum Gasteiger partial charge on any atom is -0.520 e. The molecule has 0 saturated carbocycles. The van der Waals surface area contributed by atoms with Gasteiger partial charge in [0.05, 0.1) is 24.4 Å². The molecule has 1 heterocycles. The Morgan fingerprint density at radius 2 is 1.48 bits per heavy atom. The van der Waals surface area contributed by atoms with Crippen molar-refractivity contribution in [3.63, 3.8) is 0 Å². The Balaban J connectivity index is 2.98. The van der Waals surface area contributed by atoms with Crippen molar-refractivity contribution >= 4 is 39.2 Å². The Kier molecular flexibility index (Phi) is 17.0. The Morgan fingerprint density at radius 1 is 0.833 bits per heavy atom. The van der Waals surface area contributed by atoms with Crippen LogP contribution in [0.1, 0.15) is 64.7 Å². The van der Waals surface area contributed by atoms with Crippen LogP contribution in [-0.4, -0.2) is 69.8 Å². The van der Waals surface area contributed by atoms with Crippen LogP contribution in [0.5, 0.6) is 0 Å². The van der Waals surface area contributed by atoms with E-state index in [4.69, 9.17) is 22.4 Å². The zero-order valence-electron chi connectivity index (χ0n) is 29.5. The van der Waals surface area contributed by atoms with E-state index >= 15 is 0 Å². The molecule has 10 heteroatoms. The molecule has 1 rings (SSSR count). The molecule has 0 amide bonds. The number of rotatable bonds is 20. The van der Waals surface area contributed by atoms with Crippen molar-refractivity contribution < 1.29 is 27.2 Å². The molecule has 246 valence electrons.